The number of nitro benzene ring substituents is 1. The Hall–Kier alpha value is -4.24. The van der Waals surface area contributed by atoms with Crippen molar-refractivity contribution in [3.8, 4) is 0 Å². The standard InChI is InChI=1S/C25H22ClN5O4/c26-23-18(5-4-12-27-23)17-22(24(32)28-19-6-2-1-3-7-19)25(33)30-15-13-29(14-16-30)20-8-10-21(11-9-20)31(34)35/h1-12,17H,13-16H2,(H,28,32)/b22-17+. The minimum Gasteiger partial charge on any atom is -0.368 e. The molecule has 0 aliphatic carbocycles. The normalized spacial score (nSPS) is 13.9. The Balaban J connectivity index is 1.51. The molecule has 2 heterocycles. The van der Waals surface area contributed by atoms with E-state index in [1.165, 1.54) is 24.4 Å². The van der Waals surface area contributed by atoms with Crippen LogP contribution in [0.1, 0.15) is 5.56 Å². The van der Waals surface area contributed by atoms with E-state index in [0.717, 1.165) is 5.69 Å². The molecule has 1 fully saturated rings. The van der Waals surface area contributed by atoms with Crippen molar-refractivity contribution in [2.45, 2.75) is 0 Å². The van der Waals surface area contributed by atoms with E-state index in [9.17, 15) is 19.7 Å². The number of nitro groups is 1. The zero-order chi connectivity index (χ0) is 24.8. The number of halogens is 1. The third kappa shape index (κ3) is 5.82. The first-order valence-electron chi connectivity index (χ1n) is 10.9. The number of carbonyl (C=O) groups excluding carboxylic acids is 2. The maximum absolute atomic E-state index is 13.4. The number of carbonyl (C=O) groups is 2. The van der Waals surface area contributed by atoms with Gasteiger partial charge in [0.1, 0.15) is 10.7 Å². The number of hydrogen-bond acceptors (Lipinski definition) is 6. The van der Waals surface area contributed by atoms with Crippen LogP contribution in [0, 0.1) is 10.1 Å². The summed E-state index contributed by atoms with van der Waals surface area (Å²) in [6, 6.07) is 18.5. The largest absolute Gasteiger partial charge is 0.368 e. The van der Waals surface area contributed by atoms with Crippen LogP contribution in [0.5, 0.6) is 0 Å². The molecule has 0 bridgehead atoms. The summed E-state index contributed by atoms with van der Waals surface area (Å²) in [5.41, 5.74) is 1.84. The Labute approximate surface area is 206 Å². The second-order valence-electron chi connectivity index (χ2n) is 7.81. The zero-order valence-electron chi connectivity index (χ0n) is 18.6. The summed E-state index contributed by atoms with van der Waals surface area (Å²) in [5.74, 6) is -0.958. The molecule has 2 amide bonds. The molecule has 0 radical (unpaired) electrons. The lowest BCUT2D eigenvalue weighted by Crippen LogP contribution is -2.50. The van der Waals surface area contributed by atoms with E-state index in [1.807, 2.05) is 11.0 Å². The lowest BCUT2D eigenvalue weighted by molar-refractivity contribution is -0.384. The van der Waals surface area contributed by atoms with Gasteiger partial charge in [0.25, 0.3) is 17.5 Å². The lowest BCUT2D eigenvalue weighted by Gasteiger charge is -2.36. The molecular formula is C25H22ClN5O4. The highest BCUT2D eigenvalue weighted by Gasteiger charge is 2.28. The van der Waals surface area contributed by atoms with Crippen LogP contribution in [0.2, 0.25) is 5.15 Å². The molecule has 0 spiro atoms. The fourth-order valence-corrected chi connectivity index (χ4v) is 3.90. The maximum Gasteiger partial charge on any atom is 0.269 e. The van der Waals surface area contributed by atoms with Gasteiger partial charge < -0.3 is 15.1 Å². The molecule has 35 heavy (non-hydrogen) atoms. The number of benzene rings is 2. The predicted molar refractivity (Wildman–Crippen MR) is 134 cm³/mol. The van der Waals surface area contributed by atoms with Crippen molar-refractivity contribution in [1.29, 1.82) is 0 Å². The van der Waals surface area contributed by atoms with Gasteiger partial charge in [0, 0.05) is 61.4 Å². The summed E-state index contributed by atoms with van der Waals surface area (Å²) in [6.07, 6.45) is 2.99. The first-order chi connectivity index (χ1) is 16.9. The highest BCUT2D eigenvalue weighted by atomic mass is 35.5. The minimum absolute atomic E-state index is 0.0239. The first kappa shape index (κ1) is 23.9. The van der Waals surface area contributed by atoms with Crippen LogP contribution in [0.15, 0.2) is 78.5 Å². The van der Waals surface area contributed by atoms with Crippen LogP contribution in [-0.4, -0.2) is 52.8 Å². The van der Waals surface area contributed by atoms with Gasteiger partial charge in [0.05, 0.1) is 4.92 Å². The van der Waals surface area contributed by atoms with E-state index in [1.54, 1.807) is 53.4 Å². The monoisotopic (exact) mass is 491 g/mol. The highest BCUT2D eigenvalue weighted by Crippen LogP contribution is 2.23. The van der Waals surface area contributed by atoms with Crippen molar-refractivity contribution in [2.75, 3.05) is 36.4 Å². The number of nitrogens with one attached hydrogen (secondary N) is 1. The zero-order valence-corrected chi connectivity index (χ0v) is 19.4. The molecule has 1 aliphatic heterocycles. The van der Waals surface area contributed by atoms with E-state index in [4.69, 9.17) is 11.6 Å². The average molecular weight is 492 g/mol. The fraction of sp³-hybridized carbons (Fsp3) is 0.160. The van der Waals surface area contributed by atoms with E-state index in [2.05, 4.69) is 10.3 Å². The predicted octanol–water partition coefficient (Wildman–Crippen LogP) is 4.01. The Morgan fingerprint density at radius 3 is 2.29 bits per heavy atom. The molecule has 10 heteroatoms. The van der Waals surface area contributed by atoms with Crippen LogP contribution < -0.4 is 10.2 Å². The van der Waals surface area contributed by atoms with E-state index in [-0.39, 0.29) is 16.4 Å². The van der Waals surface area contributed by atoms with Gasteiger partial charge in [0.15, 0.2) is 0 Å². The van der Waals surface area contributed by atoms with Crippen molar-refractivity contribution in [3.63, 3.8) is 0 Å². The van der Waals surface area contributed by atoms with Crippen LogP contribution in [-0.2, 0) is 9.59 Å². The Kier molecular flexibility index (Phi) is 7.37. The lowest BCUT2D eigenvalue weighted by atomic mass is 10.1. The van der Waals surface area contributed by atoms with Crippen molar-refractivity contribution < 1.29 is 14.5 Å². The van der Waals surface area contributed by atoms with E-state index in [0.29, 0.717) is 37.4 Å². The van der Waals surface area contributed by atoms with Gasteiger partial charge in [-0.3, -0.25) is 19.7 Å². The Bertz CT molecular complexity index is 1260. The second-order valence-corrected chi connectivity index (χ2v) is 8.17. The number of aromatic nitrogens is 1. The number of piperazine rings is 1. The van der Waals surface area contributed by atoms with Crippen molar-refractivity contribution in [2.24, 2.45) is 0 Å². The average Bonchev–Trinajstić information content (AvgIpc) is 2.88. The minimum atomic E-state index is -0.543. The third-order valence-electron chi connectivity index (χ3n) is 5.59. The van der Waals surface area contributed by atoms with Gasteiger partial charge in [-0.25, -0.2) is 4.98 Å². The number of para-hydroxylation sites is 1. The Morgan fingerprint density at radius 1 is 0.971 bits per heavy atom. The van der Waals surface area contributed by atoms with Gasteiger partial charge in [-0.2, -0.15) is 0 Å². The molecule has 0 atom stereocenters. The molecular weight excluding hydrogens is 470 g/mol. The molecule has 0 unspecified atom stereocenters. The smallest absolute Gasteiger partial charge is 0.269 e. The van der Waals surface area contributed by atoms with Crippen molar-refractivity contribution in [1.82, 2.24) is 9.88 Å². The third-order valence-corrected chi connectivity index (χ3v) is 5.90. The topological polar surface area (TPSA) is 109 Å². The summed E-state index contributed by atoms with van der Waals surface area (Å²) in [7, 11) is 0. The molecule has 1 aromatic heterocycles. The van der Waals surface area contributed by atoms with Gasteiger partial charge in [-0.15, -0.1) is 0 Å². The van der Waals surface area contributed by atoms with Crippen molar-refractivity contribution >= 4 is 46.6 Å². The van der Waals surface area contributed by atoms with Gasteiger partial charge in [-0.1, -0.05) is 35.9 Å². The highest BCUT2D eigenvalue weighted by molar-refractivity contribution is 6.32. The maximum atomic E-state index is 13.4. The van der Waals surface area contributed by atoms with Crippen LogP contribution >= 0.6 is 11.6 Å². The fourth-order valence-electron chi connectivity index (χ4n) is 3.73. The SMILES string of the molecule is O=C(Nc1ccccc1)/C(=C\c1cccnc1Cl)C(=O)N1CCN(c2ccc([N+](=O)[O-])cc2)CC1. The molecule has 3 aromatic rings. The second kappa shape index (κ2) is 10.8. The van der Waals surface area contributed by atoms with Crippen LogP contribution in [0.25, 0.3) is 6.08 Å². The molecule has 0 saturated carbocycles. The number of hydrogen-bond donors (Lipinski definition) is 1. The van der Waals surface area contributed by atoms with E-state index >= 15 is 0 Å². The number of rotatable bonds is 6. The van der Waals surface area contributed by atoms with Gasteiger partial charge in [0.2, 0.25) is 0 Å². The molecule has 178 valence electrons. The summed E-state index contributed by atoms with van der Waals surface area (Å²) < 4.78 is 0. The van der Waals surface area contributed by atoms with Crippen molar-refractivity contribution in [3.05, 3.63) is 99.3 Å². The summed E-state index contributed by atoms with van der Waals surface area (Å²) in [5, 5.41) is 13.8. The molecule has 9 nitrogen and oxygen atoms in total. The molecule has 4 rings (SSSR count). The summed E-state index contributed by atoms with van der Waals surface area (Å²) >= 11 is 6.18. The number of anilines is 2. The summed E-state index contributed by atoms with van der Waals surface area (Å²) in [4.78, 5) is 44.7. The quantitative estimate of drug-likeness (QED) is 0.139. The van der Waals surface area contributed by atoms with Gasteiger partial charge in [-0.05, 0) is 36.4 Å². The Morgan fingerprint density at radius 2 is 1.66 bits per heavy atom. The van der Waals surface area contributed by atoms with Gasteiger partial charge >= 0.3 is 0 Å². The first-order valence-corrected chi connectivity index (χ1v) is 11.3. The molecule has 2 aromatic carbocycles. The van der Waals surface area contributed by atoms with Crippen LogP contribution in [0.4, 0.5) is 17.1 Å². The van der Waals surface area contributed by atoms with Crippen LogP contribution in [0.3, 0.4) is 0 Å². The molecule has 1 N–H and O–H groups in total. The number of amides is 2. The summed E-state index contributed by atoms with van der Waals surface area (Å²) in [6.45, 7) is 1.80. The molecule has 1 aliphatic rings. The number of nitrogens with zero attached hydrogens (tertiary/aromatic N) is 4. The van der Waals surface area contributed by atoms with E-state index < -0.39 is 16.7 Å². The number of non-ortho nitro benzene ring substituents is 1. The molecule has 1 saturated heterocycles. The number of pyridine rings is 1.